The summed E-state index contributed by atoms with van der Waals surface area (Å²) in [7, 11) is 2.16. The minimum absolute atomic E-state index is 0.0202. The predicted molar refractivity (Wildman–Crippen MR) is 295 cm³/mol. The number of carbonyl (C=O) groups is 6. The second kappa shape index (κ2) is 28.3. The average molecular weight is 1140 g/mol. The van der Waals surface area contributed by atoms with Gasteiger partial charge in [-0.25, -0.2) is 28.8 Å². The molecule has 2 aliphatic rings. The number of benzene rings is 4. The molecule has 4 aromatic carbocycles. The van der Waals surface area contributed by atoms with E-state index in [-0.39, 0.29) is 104 Å². The van der Waals surface area contributed by atoms with E-state index in [0.717, 1.165) is 35.5 Å². The highest BCUT2D eigenvalue weighted by atomic mass is 32.2. The predicted octanol–water partition coefficient (Wildman–Crippen LogP) is 7.87. The molecule has 0 aliphatic carbocycles. The van der Waals surface area contributed by atoms with Crippen LogP contribution >= 0.6 is 23.5 Å². The second-order valence-electron chi connectivity index (χ2n) is 17.5. The van der Waals surface area contributed by atoms with E-state index in [1.807, 2.05) is 60.7 Å². The van der Waals surface area contributed by atoms with Crippen molar-refractivity contribution in [1.82, 2.24) is 10.1 Å². The summed E-state index contributed by atoms with van der Waals surface area (Å²) in [4.78, 5) is 119. The van der Waals surface area contributed by atoms with Gasteiger partial charge in [0, 0.05) is 71.5 Å². The van der Waals surface area contributed by atoms with Crippen molar-refractivity contribution < 1.29 is 67.2 Å². The van der Waals surface area contributed by atoms with Crippen molar-refractivity contribution in [3.05, 3.63) is 209 Å². The summed E-state index contributed by atoms with van der Waals surface area (Å²) in [6.45, 7) is 5.59. The number of hydrogen-bond acceptors (Lipinski definition) is 22. The van der Waals surface area contributed by atoms with Crippen LogP contribution in [0, 0.1) is 20.2 Å². The lowest BCUT2D eigenvalue weighted by Gasteiger charge is -2.37. The lowest BCUT2D eigenvalue weighted by atomic mass is 9.80. The number of esters is 4. The number of methoxy groups -OCH3 is 2. The van der Waals surface area contributed by atoms with Gasteiger partial charge in [-0.05, 0) is 49.9 Å². The van der Waals surface area contributed by atoms with Crippen molar-refractivity contribution in [3.8, 4) is 0 Å². The van der Waals surface area contributed by atoms with Gasteiger partial charge < -0.3 is 40.1 Å². The largest absolute Gasteiger partial charge is 0.466 e. The molecule has 22 nitrogen and oxygen atoms in total. The van der Waals surface area contributed by atoms with Crippen molar-refractivity contribution in [1.29, 1.82) is 0 Å². The maximum absolute atomic E-state index is 14.3. The normalized spacial score (nSPS) is 16.2. The van der Waals surface area contributed by atoms with Crippen LogP contribution < -0.4 is 11.5 Å². The van der Waals surface area contributed by atoms with Crippen LogP contribution in [-0.2, 0) is 57.4 Å². The van der Waals surface area contributed by atoms with Gasteiger partial charge in [-0.2, -0.15) is 33.7 Å². The van der Waals surface area contributed by atoms with Crippen LogP contribution in [0.2, 0.25) is 0 Å². The molecule has 0 fully saturated rings. The first-order valence-corrected chi connectivity index (χ1v) is 27.0. The van der Waals surface area contributed by atoms with E-state index >= 15 is 0 Å². The van der Waals surface area contributed by atoms with E-state index in [1.165, 1.54) is 85.9 Å². The number of allylic oxidation sites excluding steroid dienone is 2. The molecule has 4 N–H and O–H groups in total. The number of thioether (sulfide) groups is 2. The summed E-state index contributed by atoms with van der Waals surface area (Å²) in [6, 6.07) is 27.9. The summed E-state index contributed by atoms with van der Waals surface area (Å²) in [5, 5.41) is 25.9. The van der Waals surface area contributed by atoms with Gasteiger partial charge >= 0.3 is 35.8 Å². The Balaban J connectivity index is 1.43. The average Bonchev–Trinajstić information content (AvgIpc) is 3.59. The molecule has 0 spiro atoms. The van der Waals surface area contributed by atoms with Gasteiger partial charge in [-0.1, -0.05) is 84.9 Å². The van der Waals surface area contributed by atoms with Crippen molar-refractivity contribution in [2.45, 2.75) is 51.6 Å². The van der Waals surface area contributed by atoms with Crippen LogP contribution in [0.3, 0.4) is 0 Å². The number of nitrogens with zero attached hydrogens (tertiary/aromatic N) is 4. The zero-order valence-electron chi connectivity index (χ0n) is 44.4. The smallest absolute Gasteiger partial charge is 0.356 e. The molecule has 0 saturated carbocycles. The number of nitro groups is 2. The molecular formula is C56H58N6O16S2. The van der Waals surface area contributed by atoms with Crippen LogP contribution in [0.25, 0.3) is 0 Å². The van der Waals surface area contributed by atoms with Crippen molar-refractivity contribution in [3.63, 3.8) is 0 Å². The number of nitro benzene ring substituents is 2. The maximum atomic E-state index is 14.3. The molecule has 4 atom stereocenters. The van der Waals surface area contributed by atoms with E-state index in [1.54, 1.807) is 13.8 Å². The maximum Gasteiger partial charge on any atom is 0.356 e. The number of non-ortho nitro benzene ring substituents is 2. The highest BCUT2D eigenvalue weighted by molar-refractivity contribution is 7.99. The zero-order valence-corrected chi connectivity index (χ0v) is 46.0. The Bertz CT molecular complexity index is 2970. The standard InChI is InChI=1S/C56H58N6O16S2/c1-7-75-55(67)51-43(31-79-29-41(57)35-17-11-9-12-18-35)59(33(3)47(53(65)73-5)49(51)37-21-15-23-39(27-37)61(69)70)77-45(63)25-26-46(64)78-60-34(4)48(54(66)74-6)50(38-22-16-24-40(28-38)62(71)72)52(56(68)76-8-2)44(60)32-80-30-42(58)36-19-13-10-14-20-36/h9-28,41-42,49-50H,7-8,29-32,57-58H2,1-6H3/b26-25+. The fraction of sp³-hybridized carbons (Fsp3) is 0.286. The Labute approximate surface area is 468 Å². The monoisotopic (exact) mass is 1130 g/mol. The molecule has 6 rings (SSSR count). The van der Waals surface area contributed by atoms with Crippen LogP contribution in [0.1, 0.15) is 73.9 Å². The van der Waals surface area contributed by atoms with Crippen LogP contribution in [0.15, 0.2) is 166 Å². The third-order valence-corrected chi connectivity index (χ3v) is 14.7. The molecule has 0 bridgehead atoms. The van der Waals surface area contributed by atoms with Gasteiger partial charge in [0.15, 0.2) is 0 Å². The molecule has 0 radical (unpaired) electrons. The lowest BCUT2D eigenvalue weighted by Crippen LogP contribution is -2.38. The third-order valence-electron chi connectivity index (χ3n) is 12.5. The fourth-order valence-corrected chi connectivity index (χ4v) is 10.9. The van der Waals surface area contributed by atoms with Gasteiger partial charge in [0.1, 0.15) is 0 Å². The summed E-state index contributed by atoms with van der Waals surface area (Å²) in [6.07, 6.45) is 1.36. The zero-order chi connectivity index (χ0) is 58.2. The highest BCUT2D eigenvalue weighted by Crippen LogP contribution is 2.47. The van der Waals surface area contributed by atoms with Crippen molar-refractivity contribution in [2.24, 2.45) is 11.5 Å². The molecule has 2 aliphatic heterocycles. The molecule has 0 aromatic heterocycles. The van der Waals surface area contributed by atoms with Crippen molar-refractivity contribution >= 4 is 70.7 Å². The Morgan fingerprint density at radius 2 is 0.925 bits per heavy atom. The van der Waals surface area contributed by atoms with Gasteiger partial charge in [-0.3, -0.25) is 20.2 Å². The number of hydroxylamine groups is 4. The van der Waals surface area contributed by atoms with E-state index in [9.17, 15) is 49.0 Å². The fourth-order valence-electron chi connectivity index (χ4n) is 8.88. The molecule has 2 heterocycles. The molecule has 4 aromatic rings. The van der Waals surface area contributed by atoms with E-state index in [0.29, 0.717) is 12.2 Å². The quantitative estimate of drug-likeness (QED) is 0.0222. The third kappa shape index (κ3) is 14.4. The van der Waals surface area contributed by atoms with Crippen LogP contribution in [0.4, 0.5) is 11.4 Å². The minimum atomic E-state index is -1.36. The van der Waals surface area contributed by atoms with E-state index < -0.39 is 69.6 Å². The lowest BCUT2D eigenvalue weighted by molar-refractivity contribution is -0.385. The second-order valence-corrected chi connectivity index (χ2v) is 19.6. The van der Waals surface area contributed by atoms with Crippen molar-refractivity contribution in [2.75, 3.05) is 50.4 Å². The molecule has 420 valence electrons. The summed E-state index contributed by atoms with van der Waals surface area (Å²) >= 11 is 2.45. The first-order valence-electron chi connectivity index (χ1n) is 24.7. The summed E-state index contributed by atoms with van der Waals surface area (Å²) in [5.41, 5.74) is 13.1. The number of rotatable bonds is 24. The molecule has 24 heteroatoms. The molecular weight excluding hydrogens is 1080 g/mol. The summed E-state index contributed by atoms with van der Waals surface area (Å²) in [5.74, 6) is -8.89. The first-order chi connectivity index (χ1) is 38.4. The minimum Gasteiger partial charge on any atom is -0.466 e. The number of hydrogen-bond donors (Lipinski definition) is 2. The molecule has 0 saturated heterocycles. The molecule has 0 amide bonds. The number of carbonyl (C=O) groups excluding carboxylic acids is 6. The van der Waals surface area contributed by atoms with E-state index in [4.69, 9.17) is 40.1 Å². The van der Waals surface area contributed by atoms with Gasteiger partial charge in [0.2, 0.25) is 0 Å². The van der Waals surface area contributed by atoms with Gasteiger partial charge in [0.05, 0.1) is 94.2 Å². The number of nitrogens with two attached hydrogens (primary N) is 2. The Kier molecular flexibility index (Phi) is 21.5. The Hall–Kier alpha value is -8.58. The molecule has 80 heavy (non-hydrogen) atoms. The van der Waals surface area contributed by atoms with E-state index in [2.05, 4.69) is 0 Å². The highest BCUT2D eigenvalue weighted by Gasteiger charge is 2.45. The van der Waals surface area contributed by atoms with Crippen LogP contribution in [-0.4, -0.2) is 106 Å². The number of ether oxygens (including phenoxy) is 4. The Morgan fingerprint density at radius 3 is 1.25 bits per heavy atom. The summed E-state index contributed by atoms with van der Waals surface area (Å²) < 4.78 is 21.5. The Morgan fingerprint density at radius 1 is 0.562 bits per heavy atom. The first kappa shape index (κ1) is 60.6. The van der Waals surface area contributed by atoms with Crippen LogP contribution in [0.5, 0.6) is 0 Å². The SMILES string of the molecule is CCOC(=O)C1=C(CSCC(N)c2ccccc2)N(OC(=O)/C=C/C(=O)ON2C(C)=C(C(=O)OC)C(c3cccc([N+](=O)[O-])c3)C(C(=O)OCC)=C2CSCC(N)c2ccccc2)C(C)=C(C(=O)OC)C1c1cccc([N+](=O)[O-])c1. The van der Waals surface area contributed by atoms with Gasteiger partial charge in [-0.15, -0.1) is 0 Å². The topological polar surface area (TPSA) is 303 Å². The molecule has 4 unspecified atom stereocenters. The van der Waals surface area contributed by atoms with Gasteiger partial charge in [0.25, 0.3) is 11.4 Å².